The normalized spacial score (nSPS) is 17.5. The van der Waals surface area contributed by atoms with Gasteiger partial charge < -0.3 is 20.5 Å². The molecule has 0 aliphatic carbocycles. The largest absolute Gasteiger partial charge is 0.508 e. The van der Waals surface area contributed by atoms with Crippen molar-refractivity contribution < 1.29 is 14.6 Å². The molecule has 0 aromatic heterocycles. The first kappa shape index (κ1) is 23.5. The van der Waals surface area contributed by atoms with Crippen LogP contribution in [0.4, 0.5) is 4.79 Å². The lowest BCUT2D eigenvalue weighted by atomic mass is 9.97. The summed E-state index contributed by atoms with van der Waals surface area (Å²) in [6.07, 6.45) is 4.48. The first-order valence-electron chi connectivity index (χ1n) is 11.5. The van der Waals surface area contributed by atoms with Crippen LogP contribution in [0.3, 0.4) is 0 Å². The van der Waals surface area contributed by atoms with Gasteiger partial charge in [-0.25, -0.2) is 9.79 Å². The zero-order valence-corrected chi connectivity index (χ0v) is 19.9. The average molecular weight is 462 g/mol. The van der Waals surface area contributed by atoms with Gasteiger partial charge in [0.25, 0.3) is 0 Å². The maximum Gasteiger partial charge on any atom is 0.410 e. The van der Waals surface area contributed by atoms with E-state index >= 15 is 0 Å². The van der Waals surface area contributed by atoms with Gasteiger partial charge in [-0.15, -0.1) is 0 Å². The van der Waals surface area contributed by atoms with E-state index in [1.807, 2.05) is 45.0 Å². The second-order valence-corrected chi connectivity index (χ2v) is 9.62. The average Bonchev–Trinajstić information content (AvgIpc) is 2.76. The maximum absolute atomic E-state index is 12.3. The van der Waals surface area contributed by atoms with Gasteiger partial charge in [0, 0.05) is 31.4 Å². The summed E-state index contributed by atoms with van der Waals surface area (Å²) in [6, 6.07) is 11.3. The number of hydrogen-bond acceptors (Lipinski definition) is 5. The highest BCUT2D eigenvalue weighted by Gasteiger charge is 2.27. The molecule has 1 amide bonds. The van der Waals surface area contributed by atoms with E-state index in [4.69, 9.17) is 15.5 Å². The van der Waals surface area contributed by atoms with Crippen molar-refractivity contribution in [2.45, 2.75) is 39.2 Å². The maximum atomic E-state index is 12.3. The van der Waals surface area contributed by atoms with Gasteiger partial charge in [0.2, 0.25) is 0 Å². The van der Waals surface area contributed by atoms with Crippen LogP contribution in [0.25, 0.3) is 16.5 Å². The molecule has 0 saturated carbocycles. The summed E-state index contributed by atoms with van der Waals surface area (Å²) < 4.78 is 5.48. The molecule has 1 fully saturated rings. The third-order valence-corrected chi connectivity index (χ3v) is 5.88. The van der Waals surface area contributed by atoms with Crippen molar-refractivity contribution in [3.05, 3.63) is 47.5 Å². The number of amidine groups is 1. The van der Waals surface area contributed by atoms with Gasteiger partial charge >= 0.3 is 6.09 Å². The van der Waals surface area contributed by atoms with Crippen molar-refractivity contribution in [1.29, 1.82) is 0 Å². The molecule has 2 aliphatic rings. The molecule has 2 aromatic carbocycles. The fourth-order valence-electron chi connectivity index (χ4n) is 4.07. The number of piperidine rings is 1. The van der Waals surface area contributed by atoms with E-state index in [0.717, 1.165) is 40.4 Å². The third kappa shape index (κ3) is 5.44. The summed E-state index contributed by atoms with van der Waals surface area (Å²) in [6.45, 7) is 7.56. The van der Waals surface area contributed by atoms with Crippen LogP contribution in [0, 0.1) is 5.92 Å². The Morgan fingerprint density at radius 2 is 1.91 bits per heavy atom. The highest BCUT2D eigenvalue weighted by Crippen LogP contribution is 2.31. The Labute approximate surface area is 199 Å². The molecule has 4 rings (SSSR count). The van der Waals surface area contributed by atoms with E-state index in [0.29, 0.717) is 31.4 Å². The van der Waals surface area contributed by atoms with Crippen LogP contribution < -0.4 is 5.73 Å². The molecule has 0 unspecified atom stereocenters. The number of aliphatic imine (C=N–C) groups is 3. The van der Waals surface area contributed by atoms with E-state index in [9.17, 15) is 9.90 Å². The van der Waals surface area contributed by atoms with E-state index in [2.05, 4.69) is 9.98 Å². The Hall–Kier alpha value is -3.68. The predicted octanol–water partition coefficient (Wildman–Crippen LogP) is 4.37. The van der Waals surface area contributed by atoms with Crippen molar-refractivity contribution in [3.8, 4) is 5.75 Å². The highest BCUT2D eigenvalue weighted by atomic mass is 16.6. The molecular weight excluding hydrogens is 430 g/mol. The minimum atomic E-state index is -0.490. The van der Waals surface area contributed by atoms with Gasteiger partial charge in [-0.3, -0.25) is 9.98 Å². The number of nitrogens with zero attached hydrogens (tertiary/aromatic N) is 4. The fourth-order valence-corrected chi connectivity index (χ4v) is 4.07. The highest BCUT2D eigenvalue weighted by molar-refractivity contribution is 6.27. The number of nitrogens with two attached hydrogens (primary N) is 1. The summed E-state index contributed by atoms with van der Waals surface area (Å²) in [4.78, 5) is 27.6. The SMILES string of the molecule is CC(C)(C)OC(=O)N1CCC(CN=C(N=CN)C2=C(c3ccc4cc(O)ccc4c3)N=C2)CC1. The Balaban J connectivity index is 1.44. The second-order valence-electron chi connectivity index (χ2n) is 9.62. The zero-order valence-electron chi connectivity index (χ0n) is 19.9. The smallest absolute Gasteiger partial charge is 0.410 e. The minimum Gasteiger partial charge on any atom is -0.508 e. The molecule has 3 N–H and O–H groups in total. The molecule has 1 saturated heterocycles. The molecule has 0 spiro atoms. The zero-order chi connectivity index (χ0) is 24.3. The topological polar surface area (TPSA) is 113 Å². The van der Waals surface area contributed by atoms with Gasteiger partial charge in [-0.2, -0.15) is 0 Å². The number of phenols is 1. The lowest BCUT2D eigenvalue weighted by molar-refractivity contribution is 0.0187. The van der Waals surface area contributed by atoms with E-state index in [1.54, 1.807) is 23.2 Å². The van der Waals surface area contributed by atoms with Crippen LogP contribution in [0.2, 0.25) is 0 Å². The van der Waals surface area contributed by atoms with Crippen LogP contribution in [-0.2, 0) is 4.74 Å². The molecule has 0 atom stereocenters. The van der Waals surface area contributed by atoms with Crippen LogP contribution in [-0.4, -0.2) is 59.7 Å². The summed E-state index contributed by atoms with van der Waals surface area (Å²) in [5, 5.41) is 11.7. The fraction of sp³-hybridized carbons (Fsp3) is 0.385. The number of fused-ring (bicyclic) bond motifs is 1. The number of hydrogen-bond donors (Lipinski definition) is 2. The summed E-state index contributed by atoms with van der Waals surface area (Å²) in [7, 11) is 0. The number of carbonyl (C=O) groups is 1. The van der Waals surface area contributed by atoms with E-state index in [1.165, 1.54) is 6.34 Å². The Morgan fingerprint density at radius 1 is 1.21 bits per heavy atom. The number of aromatic hydroxyl groups is 1. The summed E-state index contributed by atoms with van der Waals surface area (Å²) in [5.41, 5.74) is 7.75. The van der Waals surface area contributed by atoms with Crippen molar-refractivity contribution in [3.63, 3.8) is 0 Å². The molecule has 2 aliphatic heterocycles. The second kappa shape index (κ2) is 9.67. The van der Waals surface area contributed by atoms with Gasteiger partial charge in [0.1, 0.15) is 11.4 Å². The van der Waals surface area contributed by atoms with Crippen LogP contribution in [0.15, 0.2) is 56.9 Å². The Morgan fingerprint density at radius 3 is 2.56 bits per heavy atom. The number of likely N-dealkylation sites (tertiary alicyclic amines) is 1. The molecule has 34 heavy (non-hydrogen) atoms. The Kier molecular flexibility index (Phi) is 6.68. The van der Waals surface area contributed by atoms with E-state index < -0.39 is 5.60 Å². The standard InChI is InChI=1S/C26H31N5O3/c1-26(2,3)34-25(33)31-10-8-17(9-11-31)14-29-24(30-16-27)22-15-28-23(22)20-5-4-19-13-21(32)7-6-18(19)12-20/h4-7,12-13,15-17,32H,8-11,14H2,1-3H3,(H2,27,29,30). The van der Waals surface area contributed by atoms with Crippen molar-refractivity contribution in [1.82, 2.24) is 4.90 Å². The number of amides is 1. The number of ether oxygens (including phenoxy) is 1. The molecule has 178 valence electrons. The number of phenolic OH excluding ortho intramolecular Hbond substituents is 1. The first-order chi connectivity index (χ1) is 16.2. The third-order valence-electron chi connectivity index (χ3n) is 5.88. The minimum absolute atomic E-state index is 0.241. The van der Waals surface area contributed by atoms with Crippen LogP contribution in [0.5, 0.6) is 5.75 Å². The molecule has 0 bridgehead atoms. The van der Waals surface area contributed by atoms with Gasteiger partial charge in [0.05, 0.1) is 17.6 Å². The lowest BCUT2D eigenvalue weighted by Gasteiger charge is -2.33. The summed E-state index contributed by atoms with van der Waals surface area (Å²) >= 11 is 0. The lowest BCUT2D eigenvalue weighted by Crippen LogP contribution is -2.42. The quantitative estimate of drug-likeness (QED) is 0.520. The van der Waals surface area contributed by atoms with Gasteiger partial charge in [-0.05, 0) is 68.5 Å². The van der Waals surface area contributed by atoms with Crippen LogP contribution in [0.1, 0.15) is 39.2 Å². The van der Waals surface area contributed by atoms with Gasteiger partial charge in [-0.1, -0.05) is 18.2 Å². The molecule has 0 radical (unpaired) electrons. The van der Waals surface area contributed by atoms with Crippen molar-refractivity contribution >= 4 is 41.0 Å². The monoisotopic (exact) mass is 461 g/mol. The van der Waals surface area contributed by atoms with E-state index in [-0.39, 0.29) is 11.8 Å². The van der Waals surface area contributed by atoms with Crippen molar-refractivity contribution in [2.75, 3.05) is 19.6 Å². The van der Waals surface area contributed by atoms with Crippen molar-refractivity contribution in [2.24, 2.45) is 26.6 Å². The molecule has 2 aromatic rings. The molecule has 2 heterocycles. The predicted molar refractivity (Wildman–Crippen MR) is 137 cm³/mol. The Bertz CT molecular complexity index is 1200. The molecular formula is C26H31N5O3. The van der Waals surface area contributed by atoms with Crippen LogP contribution >= 0.6 is 0 Å². The van der Waals surface area contributed by atoms with Gasteiger partial charge in [0.15, 0.2) is 5.84 Å². The first-order valence-corrected chi connectivity index (χ1v) is 11.5. The number of benzene rings is 2. The number of rotatable bonds is 4. The molecule has 8 nitrogen and oxygen atoms in total. The summed E-state index contributed by atoms with van der Waals surface area (Å²) in [5.74, 6) is 1.16. The molecule has 8 heteroatoms. The number of carbonyl (C=O) groups excluding carboxylic acids is 1.